The second kappa shape index (κ2) is 16.8. The molecule has 8 heteroatoms. The molecule has 0 bridgehead atoms. The molecule has 0 aliphatic rings. The molecular formula is C21H37O6PS. The molecule has 1 aromatic carbocycles. The average molecular weight is 449 g/mol. The summed E-state index contributed by atoms with van der Waals surface area (Å²) in [6, 6.07) is 4.79. The summed E-state index contributed by atoms with van der Waals surface area (Å²) >= 11 is 0. The van der Waals surface area contributed by atoms with Crippen molar-refractivity contribution in [1.82, 2.24) is 0 Å². The molecule has 0 radical (unpaired) electrons. The zero-order chi connectivity index (χ0) is 22.1. The van der Waals surface area contributed by atoms with Gasteiger partial charge in [-0.2, -0.15) is 8.42 Å². The Morgan fingerprint density at radius 2 is 1.52 bits per heavy atom. The SMILES string of the molecule is CCCCP(CCCC)CCCC.O=C(OCCO)c1cccc(S(=O)(=O)O)c1. The van der Waals surface area contributed by atoms with Crippen LogP contribution in [-0.2, 0) is 14.9 Å². The topological polar surface area (TPSA) is 101 Å². The molecular weight excluding hydrogens is 411 g/mol. The predicted molar refractivity (Wildman–Crippen MR) is 120 cm³/mol. The number of esters is 1. The van der Waals surface area contributed by atoms with Crippen LogP contribution in [0.1, 0.15) is 69.7 Å². The van der Waals surface area contributed by atoms with Gasteiger partial charge in [0.15, 0.2) is 0 Å². The molecule has 0 aromatic heterocycles. The van der Waals surface area contributed by atoms with Gasteiger partial charge in [-0.15, -0.1) is 7.92 Å². The van der Waals surface area contributed by atoms with Crippen molar-refractivity contribution >= 4 is 24.0 Å². The van der Waals surface area contributed by atoms with Crippen molar-refractivity contribution in [3.05, 3.63) is 29.8 Å². The lowest BCUT2D eigenvalue weighted by Crippen LogP contribution is -2.09. The second-order valence-corrected chi connectivity index (χ2v) is 10.9. The van der Waals surface area contributed by atoms with E-state index >= 15 is 0 Å². The number of hydrogen-bond acceptors (Lipinski definition) is 5. The zero-order valence-corrected chi connectivity index (χ0v) is 19.7. The number of benzene rings is 1. The number of unbranched alkanes of at least 4 members (excludes halogenated alkanes) is 3. The normalized spacial score (nSPS) is 11.1. The third kappa shape index (κ3) is 13.8. The number of aliphatic hydroxyl groups excluding tert-OH is 1. The molecule has 0 atom stereocenters. The molecule has 0 heterocycles. The van der Waals surface area contributed by atoms with Crippen LogP contribution in [0, 0.1) is 0 Å². The van der Waals surface area contributed by atoms with Crippen LogP contribution < -0.4 is 0 Å². The molecule has 168 valence electrons. The minimum absolute atomic E-state index is 0.0106. The summed E-state index contributed by atoms with van der Waals surface area (Å²) in [5, 5.41) is 8.43. The van der Waals surface area contributed by atoms with E-state index in [0.717, 1.165) is 12.1 Å². The fraction of sp³-hybridized carbons (Fsp3) is 0.667. The Hall–Kier alpha value is -1.01. The Labute approximate surface area is 177 Å². The van der Waals surface area contributed by atoms with Gasteiger partial charge < -0.3 is 9.84 Å². The van der Waals surface area contributed by atoms with E-state index in [1.165, 1.54) is 50.7 Å². The highest BCUT2D eigenvalue weighted by atomic mass is 32.2. The van der Waals surface area contributed by atoms with Crippen LogP contribution in [0.15, 0.2) is 29.2 Å². The van der Waals surface area contributed by atoms with E-state index in [4.69, 9.17) is 9.66 Å². The van der Waals surface area contributed by atoms with E-state index in [2.05, 4.69) is 25.5 Å². The summed E-state index contributed by atoms with van der Waals surface area (Å²) in [5.74, 6) is -0.764. The Morgan fingerprint density at radius 3 is 1.93 bits per heavy atom. The Kier molecular flexibility index (Phi) is 16.2. The fourth-order valence-electron chi connectivity index (χ4n) is 2.49. The van der Waals surface area contributed by atoms with Gasteiger partial charge in [-0.3, -0.25) is 4.55 Å². The van der Waals surface area contributed by atoms with Crippen LogP contribution in [0.4, 0.5) is 0 Å². The lowest BCUT2D eigenvalue weighted by atomic mass is 10.2. The Morgan fingerprint density at radius 1 is 1.00 bits per heavy atom. The van der Waals surface area contributed by atoms with Gasteiger partial charge in [-0.1, -0.05) is 46.1 Å². The van der Waals surface area contributed by atoms with Gasteiger partial charge in [-0.25, -0.2) is 4.79 Å². The third-order valence-corrected chi connectivity index (χ3v) is 7.87. The number of carbonyl (C=O) groups is 1. The van der Waals surface area contributed by atoms with Crippen molar-refractivity contribution in [3.63, 3.8) is 0 Å². The smallest absolute Gasteiger partial charge is 0.338 e. The average Bonchev–Trinajstić information content (AvgIpc) is 2.71. The monoisotopic (exact) mass is 448 g/mol. The van der Waals surface area contributed by atoms with E-state index in [9.17, 15) is 13.2 Å². The number of carbonyl (C=O) groups excluding carboxylic acids is 1. The molecule has 0 fully saturated rings. The maximum absolute atomic E-state index is 11.3. The molecule has 1 rings (SSSR count). The molecule has 0 aliphatic carbocycles. The molecule has 0 aliphatic heterocycles. The summed E-state index contributed by atoms with van der Waals surface area (Å²) < 4.78 is 34.9. The summed E-state index contributed by atoms with van der Waals surface area (Å²) in [6.45, 7) is 6.45. The van der Waals surface area contributed by atoms with Crippen molar-refractivity contribution in [1.29, 1.82) is 0 Å². The second-order valence-electron chi connectivity index (χ2n) is 6.76. The van der Waals surface area contributed by atoms with E-state index < -0.39 is 16.1 Å². The summed E-state index contributed by atoms with van der Waals surface area (Å²) in [7, 11) is -3.91. The van der Waals surface area contributed by atoms with Gasteiger partial charge in [0.2, 0.25) is 0 Å². The molecule has 0 amide bonds. The summed E-state index contributed by atoms with van der Waals surface area (Å²) in [6.07, 6.45) is 13.2. The quantitative estimate of drug-likeness (QED) is 0.251. The largest absolute Gasteiger partial charge is 0.460 e. The van der Waals surface area contributed by atoms with Crippen molar-refractivity contribution in [2.75, 3.05) is 31.7 Å². The molecule has 0 saturated heterocycles. The molecule has 0 spiro atoms. The van der Waals surface area contributed by atoms with E-state index in [1.54, 1.807) is 18.5 Å². The van der Waals surface area contributed by atoms with Crippen molar-refractivity contribution in [2.24, 2.45) is 0 Å². The molecule has 6 nitrogen and oxygen atoms in total. The summed E-state index contributed by atoms with van der Waals surface area (Å²) in [4.78, 5) is 10.9. The van der Waals surface area contributed by atoms with Gasteiger partial charge in [0, 0.05) is 0 Å². The zero-order valence-electron chi connectivity index (χ0n) is 18.0. The lowest BCUT2D eigenvalue weighted by molar-refractivity contribution is 0.0433. The van der Waals surface area contributed by atoms with Crippen molar-refractivity contribution in [3.8, 4) is 0 Å². The summed E-state index contributed by atoms with van der Waals surface area (Å²) in [5.41, 5.74) is -0.0106. The number of ether oxygens (including phenoxy) is 1. The molecule has 29 heavy (non-hydrogen) atoms. The van der Waals surface area contributed by atoms with Gasteiger partial charge in [0.05, 0.1) is 17.1 Å². The van der Waals surface area contributed by atoms with Crippen molar-refractivity contribution in [2.45, 2.75) is 64.2 Å². The standard InChI is InChI=1S/C12H27P.C9H10O6S/c1-4-7-10-13(11-8-5-2)12-9-6-3;10-4-5-15-9(11)7-2-1-3-8(6-7)16(12,13)14/h4-12H2,1-3H3;1-3,6,10H,4-5H2,(H,12,13,14). The van der Waals surface area contributed by atoms with Crippen LogP contribution in [0.5, 0.6) is 0 Å². The molecule has 0 saturated carbocycles. The Bertz CT molecular complexity index is 644. The highest BCUT2D eigenvalue weighted by Gasteiger charge is 2.13. The first-order valence-corrected chi connectivity index (χ1v) is 13.7. The first kappa shape index (κ1) is 28.0. The number of hydrogen-bond donors (Lipinski definition) is 2. The van der Waals surface area contributed by atoms with Gasteiger partial charge in [-0.05, 0) is 55.9 Å². The van der Waals surface area contributed by atoms with Crippen LogP contribution >= 0.6 is 7.92 Å². The fourth-order valence-corrected chi connectivity index (χ4v) is 5.97. The lowest BCUT2D eigenvalue weighted by Gasteiger charge is -2.16. The molecule has 2 N–H and O–H groups in total. The highest BCUT2D eigenvalue weighted by Crippen LogP contribution is 2.38. The van der Waals surface area contributed by atoms with Crippen LogP contribution in [0.2, 0.25) is 0 Å². The first-order valence-electron chi connectivity index (χ1n) is 10.4. The van der Waals surface area contributed by atoms with Crippen LogP contribution in [0.3, 0.4) is 0 Å². The van der Waals surface area contributed by atoms with Crippen LogP contribution in [0.25, 0.3) is 0 Å². The van der Waals surface area contributed by atoms with Crippen molar-refractivity contribution < 1.29 is 27.6 Å². The maximum atomic E-state index is 11.3. The number of rotatable bonds is 13. The van der Waals surface area contributed by atoms with Gasteiger partial charge in [0.1, 0.15) is 6.61 Å². The third-order valence-electron chi connectivity index (χ3n) is 4.18. The molecule has 1 aromatic rings. The van der Waals surface area contributed by atoms with E-state index in [1.807, 2.05) is 0 Å². The van der Waals surface area contributed by atoms with Gasteiger partial charge in [0.25, 0.3) is 10.1 Å². The van der Waals surface area contributed by atoms with Crippen LogP contribution in [-0.4, -0.2) is 55.7 Å². The first-order chi connectivity index (χ1) is 13.8. The Balaban J connectivity index is 0.000000555. The minimum atomic E-state index is -4.34. The van der Waals surface area contributed by atoms with Gasteiger partial charge >= 0.3 is 5.97 Å². The predicted octanol–water partition coefficient (Wildman–Crippen LogP) is 4.95. The molecule has 0 unspecified atom stereocenters. The highest BCUT2D eigenvalue weighted by molar-refractivity contribution is 7.85. The maximum Gasteiger partial charge on any atom is 0.338 e. The van der Waals surface area contributed by atoms with E-state index in [-0.39, 0.29) is 23.7 Å². The van der Waals surface area contributed by atoms with E-state index in [0.29, 0.717) is 7.92 Å². The number of aliphatic hydroxyl groups is 1. The minimum Gasteiger partial charge on any atom is -0.460 e.